The van der Waals surface area contributed by atoms with Crippen LogP contribution in [-0.4, -0.2) is 32.2 Å². The van der Waals surface area contributed by atoms with Crippen LogP contribution in [0.2, 0.25) is 0 Å². The molecule has 0 aliphatic carbocycles. The van der Waals surface area contributed by atoms with Crippen LogP contribution in [-0.2, 0) is 14.3 Å². The maximum atomic E-state index is 10.4. The van der Waals surface area contributed by atoms with Crippen LogP contribution >= 0.6 is 0 Å². The molecule has 3 nitrogen and oxygen atoms in total. The largest absolute Gasteiger partial charge is 0.378 e. The van der Waals surface area contributed by atoms with Crippen molar-refractivity contribution in [2.75, 3.05) is 19.8 Å². The second-order valence-corrected chi connectivity index (χ2v) is 3.58. The predicted octanol–water partition coefficient (Wildman–Crippen LogP) is 0.627. The molecule has 0 radical (unpaired) electrons. The zero-order chi connectivity index (χ0) is 8.32. The Balaban J connectivity index is 2.04. The smallest absolute Gasteiger partial charge is 0.127 e. The first-order valence-corrected chi connectivity index (χ1v) is 3.80. The number of aldehydes is 1. The molecule has 1 saturated heterocycles. The topological polar surface area (TPSA) is 38.8 Å². The van der Waals surface area contributed by atoms with E-state index in [0.29, 0.717) is 13.2 Å². The van der Waals surface area contributed by atoms with Crippen molar-refractivity contribution in [3.05, 3.63) is 0 Å². The highest BCUT2D eigenvalue weighted by atomic mass is 16.6. The van der Waals surface area contributed by atoms with Gasteiger partial charge >= 0.3 is 0 Å². The van der Waals surface area contributed by atoms with E-state index in [-0.39, 0.29) is 11.5 Å². The highest BCUT2D eigenvalue weighted by molar-refractivity contribution is 5.57. The monoisotopic (exact) mass is 158 g/mol. The minimum absolute atomic E-state index is 0.289. The van der Waals surface area contributed by atoms with E-state index < -0.39 is 0 Å². The Kier molecular flexibility index (Phi) is 2.62. The molecule has 3 heteroatoms. The van der Waals surface area contributed by atoms with E-state index >= 15 is 0 Å². The lowest BCUT2D eigenvalue weighted by Crippen LogP contribution is -2.22. The van der Waals surface area contributed by atoms with Crippen LogP contribution in [0.5, 0.6) is 0 Å². The maximum absolute atomic E-state index is 10.4. The Morgan fingerprint density at radius 3 is 2.82 bits per heavy atom. The molecule has 1 aliphatic rings. The molecule has 1 unspecified atom stereocenters. The molecule has 1 atom stereocenters. The summed E-state index contributed by atoms with van der Waals surface area (Å²) in [6.07, 6.45) is 1.21. The van der Waals surface area contributed by atoms with E-state index in [0.717, 1.165) is 12.9 Å². The molecule has 1 fully saturated rings. The number of carbonyl (C=O) groups is 1. The maximum Gasteiger partial charge on any atom is 0.127 e. The Morgan fingerprint density at radius 1 is 1.73 bits per heavy atom. The first kappa shape index (κ1) is 8.68. The van der Waals surface area contributed by atoms with Crippen LogP contribution in [0.4, 0.5) is 0 Å². The van der Waals surface area contributed by atoms with E-state index in [4.69, 9.17) is 9.47 Å². The van der Waals surface area contributed by atoms with Crippen molar-refractivity contribution in [2.45, 2.75) is 20.0 Å². The summed E-state index contributed by atoms with van der Waals surface area (Å²) in [6, 6.07) is 0. The summed E-state index contributed by atoms with van der Waals surface area (Å²) >= 11 is 0. The fourth-order valence-electron chi connectivity index (χ4n) is 0.652. The second kappa shape index (κ2) is 3.32. The normalized spacial score (nSPS) is 23.3. The van der Waals surface area contributed by atoms with Crippen LogP contribution < -0.4 is 0 Å². The fraction of sp³-hybridized carbons (Fsp3) is 0.875. The zero-order valence-corrected chi connectivity index (χ0v) is 7.00. The molecule has 0 saturated carbocycles. The lowest BCUT2D eigenvalue weighted by atomic mass is 9.98. The summed E-state index contributed by atoms with van der Waals surface area (Å²) in [5.74, 6) is 0. The summed E-state index contributed by atoms with van der Waals surface area (Å²) in [7, 11) is 0. The zero-order valence-electron chi connectivity index (χ0n) is 7.00. The molecular weight excluding hydrogens is 144 g/mol. The van der Waals surface area contributed by atoms with Gasteiger partial charge < -0.3 is 14.3 Å². The van der Waals surface area contributed by atoms with E-state index in [1.54, 1.807) is 0 Å². The summed E-state index contributed by atoms with van der Waals surface area (Å²) < 4.78 is 10.2. The molecule has 1 heterocycles. The molecule has 1 aliphatic heterocycles. The molecular formula is C8H14O3. The van der Waals surface area contributed by atoms with E-state index in [1.165, 1.54) is 0 Å². The third-order valence-corrected chi connectivity index (χ3v) is 1.50. The highest BCUT2D eigenvalue weighted by Crippen LogP contribution is 2.14. The Morgan fingerprint density at radius 2 is 2.36 bits per heavy atom. The van der Waals surface area contributed by atoms with Gasteiger partial charge in [0.05, 0.1) is 19.8 Å². The standard InChI is InChI=1S/C8H14O3/c1-8(2,5-9)6-10-3-7-4-11-7/h5,7H,3-4,6H2,1-2H3. The molecule has 11 heavy (non-hydrogen) atoms. The molecule has 0 aromatic rings. The van der Waals surface area contributed by atoms with Crippen LogP contribution in [0.15, 0.2) is 0 Å². The third kappa shape index (κ3) is 3.49. The number of rotatable bonds is 5. The van der Waals surface area contributed by atoms with Gasteiger partial charge in [0.25, 0.3) is 0 Å². The number of hydrogen-bond acceptors (Lipinski definition) is 3. The summed E-state index contributed by atoms with van der Waals surface area (Å²) in [5.41, 5.74) is -0.352. The average molecular weight is 158 g/mol. The fourth-order valence-corrected chi connectivity index (χ4v) is 0.652. The lowest BCUT2D eigenvalue weighted by molar-refractivity contribution is -0.117. The Hall–Kier alpha value is -0.410. The van der Waals surface area contributed by atoms with Crippen molar-refractivity contribution >= 4 is 6.29 Å². The average Bonchev–Trinajstić information content (AvgIpc) is 2.71. The number of epoxide rings is 1. The number of carbonyl (C=O) groups excluding carboxylic acids is 1. The van der Waals surface area contributed by atoms with Gasteiger partial charge in [-0.15, -0.1) is 0 Å². The number of hydrogen-bond donors (Lipinski definition) is 0. The van der Waals surface area contributed by atoms with Gasteiger partial charge in [-0.05, 0) is 0 Å². The molecule has 0 N–H and O–H groups in total. The van der Waals surface area contributed by atoms with Crippen LogP contribution in [0.25, 0.3) is 0 Å². The minimum Gasteiger partial charge on any atom is -0.378 e. The van der Waals surface area contributed by atoms with Crippen molar-refractivity contribution in [2.24, 2.45) is 5.41 Å². The molecule has 0 spiro atoms. The third-order valence-electron chi connectivity index (χ3n) is 1.50. The van der Waals surface area contributed by atoms with Crippen LogP contribution in [0, 0.1) is 5.41 Å². The highest BCUT2D eigenvalue weighted by Gasteiger charge is 2.24. The van der Waals surface area contributed by atoms with Gasteiger partial charge in [0.15, 0.2) is 0 Å². The summed E-state index contributed by atoms with van der Waals surface area (Å²) in [4.78, 5) is 10.4. The molecule has 0 aromatic heterocycles. The number of ether oxygens (including phenoxy) is 2. The van der Waals surface area contributed by atoms with Gasteiger partial charge in [0, 0.05) is 5.41 Å². The van der Waals surface area contributed by atoms with Gasteiger partial charge in [-0.3, -0.25) is 0 Å². The van der Waals surface area contributed by atoms with Gasteiger partial charge in [0.1, 0.15) is 12.4 Å². The molecule has 0 bridgehead atoms. The Labute approximate surface area is 66.7 Å². The predicted molar refractivity (Wildman–Crippen MR) is 40.4 cm³/mol. The minimum atomic E-state index is -0.352. The first-order chi connectivity index (χ1) is 5.14. The van der Waals surface area contributed by atoms with Crippen molar-refractivity contribution < 1.29 is 14.3 Å². The lowest BCUT2D eigenvalue weighted by Gasteiger charge is -2.15. The van der Waals surface area contributed by atoms with Crippen LogP contribution in [0.1, 0.15) is 13.8 Å². The van der Waals surface area contributed by atoms with E-state index in [9.17, 15) is 4.79 Å². The quantitative estimate of drug-likeness (QED) is 0.435. The second-order valence-electron chi connectivity index (χ2n) is 3.58. The van der Waals surface area contributed by atoms with Gasteiger partial charge in [-0.1, -0.05) is 13.8 Å². The van der Waals surface area contributed by atoms with Crippen molar-refractivity contribution in [3.63, 3.8) is 0 Å². The molecule has 0 aromatic carbocycles. The van der Waals surface area contributed by atoms with E-state index in [1.807, 2.05) is 13.8 Å². The summed E-state index contributed by atoms with van der Waals surface area (Å²) in [6.45, 7) is 5.62. The SMILES string of the molecule is CC(C)(C=O)COCC1CO1. The van der Waals surface area contributed by atoms with Crippen LogP contribution in [0.3, 0.4) is 0 Å². The summed E-state index contributed by atoms with van der Waals surface area (Å²) in [5, 5.41) is 0. The van der Waals surface area contributed by atoms with Gasteiger partial charge in [-0.2, -0.15) is 0 Å². The molecule has 0 amide bonds. The van der Waals surface area contributed by atoms with E-state index in [2.05, 4.69) is 0 Å². The van der Waals surface area contributed by atoms with Crippen molar-refractivity contribution in [1.29, 1.82) is 0 Å². The first-order valence-electron chi connectivity index (χ1n) is 3.80. The van der Waals surface area contributed by atoms with Gasteiger partial charge in [0.2, 0.25) is 0 Å². The Bertz CT molecular complexity index is 138. The van der Waals surface area contributed by atoms with Crippen molar-refractivity contribution in [1.82, 2.24) is 0 Å². The molecule has 1 rings (SSSR count). The van der Waals surface area contributed by atoms with Gasteiger partial charge in [-0.25, -0.2) is 0 Å². The van der Waals surface area contributed by atoms with Crippen molar-refractivity contribution in [3.8, 4) is 0 Å². The molecule has 64 valence electrons.